The average Bonchev–Trinajstić information content (AvgIpc) is 2.38. The second kappa shape index (κ2) is 7.75. The lowest BCUT2D eigenvalue weighted by Gasteiger charge is -2.31. The van der Waals surface area contributed by atoms with Crippen LogP contribution in [0.25, 0.3) is 0 Å². The zero-order chi connectivity index (χ0) is 16.0. The van der Waals surface area contributed by atoms with Crippen molar-refractivity contribution in [1.29, 1.82) is 0 Å². The number of hydrogen-bond donors (Lipinski definition) is 1. The van der Waals surface area contributed by atoms with Crippen LogP contribution in [0.2, 0.25) is 0 Å². The number of nitrogens with two attached hydrogens (primary N) is 1. The van der Waals surface area contributed by atoms with E-state index < -0.39 is 23.6 Å². The zero-order valence-corrected chi connectivity index (χ0v) is 12.4. The van der Waals surface area contributed by atoms with Crippen molar-refractivity contribution < 1.29 is 17.6 Å². The van der Waals surface area contributed by atoms with Gasteiger partial charge in [-0.2, -0.15) is 13.2 Å². The van der Waals surface area contributed by atoms with Crippen LogP contribution in [-0.2, 0) is 6.18 Å². The van der Waals surface area contributed by atoms with E-state index in [1.807, 2.05) is 18.7 Å². The number of hydrogen-bond acceptors (Lipinski definition) is 2. The van der Waals surface area contributed by atoms with Gasteiger partial charge in [-0.1, -0.05) is 13.8 Å². The van der Waals surface area contributed by atoms with Crippen molar-refractivity contribution >= 4 is 0 Å². The van der Waals surface area contributed by atoms with Crippen LogP contribution < -0.4 is 5.73 Å². The molecular weight excluding hydrogens is 284 g/mol. The molecule has 0 radical (unpaired) electrons. The standard InChI is InChI=1S/C15H22F4N2/c1-3-5-21(6-4-2)14(10-20)11-7-12(15(17,18)19)9-13(16)8-11/h7-9,14H,3-6,10,20H2,1-2H3. The fraction of sp³-hybridized carbons (Fsp3) is 0.600. The van der Waals surface area contributed by atoms with Crippen LogP contribution in [0.4, 0.5) is 17.6 Å². The summed E-state index contributed by atoms with van der Waals surface area (Å²) in [5.41, 5.74) is 5.05. The largest absolute Gasteiger partial charge is 0.416 e. The molecule has 1 rings (SSSR count). The molecule has 1 aromatic rings. The number of benzene rings is 1. The van der Waals surface area contributed by atoms with Gasteiger partial charge in [0.1, 0.15) is 5.82 Å². The van der Waals surface area contributed by atoms with E-state index in [-0.39, 0.29) is 12.1 Å². The highest BCUT2D eigenvalue weighted by Crippen LogP contribution is 2.32. The molecule has 0 bridgehead atoms. The van der Waals surface area contributed by atoms with Crippen LogP contribution in [0.5, 0.6) is 0 Å². The Hall–Kier alpha value is -1.14. The second-order valence-electron chi connectivity index (χ2n) is 5.06. The topological polar surface area (TPSA) is 29.3 Å². The molecule has 0 spiro atoms. The maximum Gasteiger partial charge on any atom is 0.416 e. The van der Waals surface area contributed by atoms with Crippen molar-refractivity contribution in [3.63, 3.8) is 0 Å². The van der Waals surface area contributed by atoms with Crippen molar-refractivity contribution in [2.24, 2.45) is 5.73 Å². The first-order chi connectivity index (χ1) is 9.83. The Balaban J connectivity index is 3.17. The summed E-state index contributed by atoms with van der Waals surface area (Å²) in [6, 6.07) is 2.26. The lowest BCUT2D eigenvalue weighted by molar-refractivity contribution is -0.137. The molecule has 0 aliphatic carbocycles. The van der Waals surface area contributed by atoms with Gasteiger partial charge < -0.3 is 5.73 Å². The van der Waals surface area contributed by atoms with Crippen LogP contribution in [0.15, 0.2) is 18.2 Å². The zero-order valence-electron chi connectivity index (χ0n) is 12.4. The van der Waals surface area contributed by atoms with Crippen LogP contribution >= 0.6 is 0 Å². The summed E-state index contributed by atoms with van der Waals surface area (Å²) in [5, 5.41) is 0. The monoisotopic (exact) mass is 306 g/mol. The first-order valence-electron chi connectivity index (χ1n) is 7.15. The highest BCUT2D eigenvalue weighted by molar-refractivity contribution is 5.29. The average molecular weight is 306 g/mol. The normalized spacial score (nSPS) is 13.7. The summed E-state index contributed by atoms with van der Waals surface area (Å²) in [6.45, 7) is 5.56. The molecule has 6 heteroatoms. The number of rotatable bonds is 7. The van der Waals surface area contributed by atoms with Gasteiger partial charge in [-0.15, -0.1) is 0 Å². The van der Waals surface area contributed by atoms with E-state index in [0.29, 0.717) is 19.2 Å². The molecule has 1 unspecified atom stereocenters. The number of alkyl halides is 3. The second-order valence-corrected chi connectivity index (χ2v) is 5.06. The Bertz CT molecular complexity index is 440. The van der Waals surface area contributed by atoms with Crippen molar-refractivity contribution in [2.45, 2.75) is 38.9 Å². The van der Waals surface area contributed by atoms with Crippen molar-refractivity contribution in [3.8, 4) is 0 Å². The molecule has 0 saturated heterocycles. The van der Waals surface area contributed by atoms with Crippen LogP contribution in [0, 0.1) is 5.82 Å². The minimum atomic E-state index is -4.56. The minimum Gasteiger partial charge on any atom is -0.329 e. The van der Waals surface area contributed by atoms with Crippen LogP contribution in [-0.4, -0.2) is 24.5 Å². The van der Waals surface area contributed by atoms with Gasteiger partial charge in [-0.05, 0) is 49.7 Å². The molecule has 0 heterocycles. The van der Waals surface area contributed by atoms with E-state index in [9.17, 15) is 17.6 Å². The van der Waals surface area contributed by atoms with Gasteiger partial charge in [-0.25, -0.2) is 4.39 Å². The van der Waals surface area contributed by atoms with Crippen molar-refractivity contribution in [2.75, 3.05) is 19.6 Å². The number of halogens is 4. The van der Waals surface area contributed by atoms with E-state index in [1.54, 1.807) is 0 Å². The summed E-state index contributed by atoms with van der Waals surface area (Å²) in [6.07, 6.45) is -2.84. The molecule has 0 aliphatic rings. The summed E-state index contributed by atoms with van der Waals surface area (Å²) in [4.78, 5) is 2.01. The third-order valence-electron chi connectivity index (χ3n) is 3.32. The van der Waals surface area contributed by atoms with E-state index in [0.717, 1.165) is 25.0 Å². The molecule has 120 valence electrons. The summed E-state index contributed by atoms with van der Waals surface area (Å²) in [7, 11) is 0. The maximum atomic E-state index is 13.5. The Labute approximate surface area is 122 Å². The van der Waals surface area contributed by atoms with E-state index in [2.05, 4.69) is 0 Å². The van der Waals surface area contributed by atoms with Crippen LogP contribution in [0.3, 0.4) is 0 Å². The molecule has 0 aliphatic heterocycles. The fourth-order valence-electron chi connectivity index (χ4n) is 2.46. The summed E-state index contributed by atoms with van der Waals surface area (Å²) < 4.78 is 51.9. The fourth-order valence-corrected chi connectivity index (χ4v) is 2.46. The van der Waals surface area contributed by atoms with Gasteiger partial charge in [0.25, 0.3) is 0 Å². The first-order valence-corrected chi connectivity index (χ1v) is 7.15. The van der Waals surface area contributed by atoms with E-state index in [4.69, 9.17) is 5.73 Å². The van der Waals surface area contributed by atoms with E-state index >= 15 is 0 Å². The maximum absolute atomic E-state index is 13.5. The van der Waals surface area contributed by atoms with Crippen LogP contribution in [0.1, 0.15) is 43.9 Å². The summed E-state index contributed by atoms with van der Waals surface area (Å²) in [5.74, 6) is -0.883. The summed E-state index contributed by atoms with van der Waals surface area (Å²) >= 11 is 0. The lowest BCUT2D eigenvalue weighted by Crippen LogP contribution is -2.35. The molecular formula is C15H22F4N2. The van der Waals surface area contributed by atoms with Gasteiger partial charge in [0, 0.05) is 12.6 Å². The Morgan fingerprint density at radius 1 is 1.10 bits per heavy atom. The minimum absolute atomic E-state index is 0.154. The highest BCUT2D eigenvalue weighted by Gasteiger charge is 2.32. The predicted octanol–water partition coefficient (Wildman–Crippen LogP) is 3.97. The molecule has 0 fully saturated rings. The van der Waals surface area contributed by atoms with E-state index in [1.165, 1.54) is 0 Å². The van der Waals surface area contributed by atoms with Gasteiger partial charge in [0.05, 0.1) is 5.56 Å². The highest BCUT2D eigenvalue weighted by atomic mass is 19.4. The van der Waals surface area contributed by atoms with Gasteiger partial charge in [0.2, 0.25) is 0 Å². The molecule has 0 aromatic heterocycles. The predicted molar refractivity (Wildman–Crippen MR) is 75.4 cm³/mol. The SMILES string of the molecule is CCCN(CCC)C(CN)c1cc(F)cc(C(F)(F)F)c1. The Kier molecular flexibility index (Phi) is 6.61. The smallest absolute Gasteiger partial charge is 0.329 e. The molecule has 21 heavy (non-hydrogen) atoms. The molecule has 0 saturated carbocycles. The van der Waals surface area contributed by atoms with Gasteiger partial charge in [0.15, 0.2) is 0 Å². The van der Waals surface area contributed by atoms with Crippen molar-refractivity contribution in [1.82, 2.24) is 4.90 Å². The molecule has 1 atom stereocenters. The quantitative estimate of drug-likeness (QED) is 0.772. The third-order valence-corrected chi connectivity index (χ3v) is 3.32. The Morgan fingerprint density at radius 3 is 2.10 bits per heavy atom. The molecule has 1 aromatic carbocycles. The Morgan fingerprint density at radius 2 is 1.67 bits per heavy atom. The molecule has 2 N–H and O–H groups in total. The third kappa shape index (κ3) is 4.97. The molecule has 2 nitrogen and oxygen atoms in total. The first kappa shape index (κ1) is 17.9. The number of nitrogens with zero attached hydrogens (tertiary/aromatic N) is 1. The van der Waals surface area contributed by atoms with Crippen molar-refractivity contribution in [3.05, 3.63) is 35.1 Å². The lowest BCUT2D eigenvalue weighted by atomic mass is 10.0. The van der Waals surface area contributed by atoms with Gasteiger partial charge in [-0.3, -0.25) is 4.90 Å². The molecule has 0 amide bonds. The van der Waals surface area contributed by atoms with Gasteiger partial charge >= 0.3 is 6.18 Å².